The predicted octanol–water partition coefficient (Wildman–Crippen LogP) is 5.23. The van der Waals surface area contributed by atoms with E-state index in [2.05, 4.69) is 16.5 Å². The number of hydrogen-bond donors (Lipinski definition) is 0. The van der Waals surface area contributed by atoms with Crippen LogP contribution < -0.4 is 0 Å². The molecule has 1 aliphatic rings. The Balaban J connectivity index is 2.18. The summed E-state index contributed by atoms with van der Waals surface area (Å²) in [6.45, 7) is 4.23. The van der Waals surface area contributed by atoms with Crippen LogP contribution in [-0.4, -0.2) is 9.55 Å². The monoisotopic (exact) mass is 294 g/mol. The van der Waals surface area contributed by atoms with Crippen LogP contribution in [-0.2, 0) is 0 Å². The summed E-state index contributed by atoms with van der Waals surface area (Å²) in [5, 5.41) is -0.167. The van der Waals surface area contributed by atoms with Gasteiger partial charge in [-0.05, 0) is 37.8 Å². The van der Waals surface area contributed by atoms with E-state index < -0.39 is 0 Å². The lowest BCUT2D eigenvalue weighted by molar-refractivity contribution is 0.257. The number of rotatable bonds is 2. The maximum absolute atomic E-state index is 13.4. The first-order chi connectivity index (χ1) is 9.58. The molecule has 1 heterocycles. The van der Waals surface area contributed by atoms with Gasteiger partial charge in [-0.25, -0.2) is 9.37 Å². The largest absolute Gasteiger partial charge is 0.323 e. The Morgan fingerprint density at radius 3 is 2.80 bits per heavy atom. The molecule has 1 aromatic carbocycles. The Morgan fingerprint density at radius 1 is 1.35 bits per heavy atom. The van der Waals surface area contributed by atoms with Crippen LogP contribution >= 0.6 is 11.6 Å². The van der Waals surface area contributed by atoms with Crippen LogP contribution in [0.5, 0.6) is 0 Å². The Morgan fingerprint density at radius 2 is 2.10 bits per heavy atom. The van der Waals surface area contributed by atoms with Crippen molar-refractivity contribution < 1.29 is 4.39 Å². The molecule has 0 spiro atoms. The van der Waals surface area contributed by atoms with Crippen molar-refractivity contribution in [2.24, 2.45) is 5.92 Å². The molecule has 2 aromatic rings. The fraction of sp³-hybridized carbons (Fsp3) is 0.562. The fourth-order valence-electron chi connectivity index (χ4n) is 3.40. The van der Waals surface area contributed by atoms with Crippen molar-refractivity contribution in [3.8, 4) is 0 Å². The number of aromatic nitrogens is 2. The van der Waals surface area contributed by atoms with Gasteiger partial charge in [-0.2, -0.15) is 0 Å². The summed E-state index contributed by atoms with van der Waals surface area (Å²) in [5.74, 6) is 1.24. The summed E-state index contributed by atoms with van der Waals surface area (Å²) < 4.78 is 15.7. The Kier molecular flexibility index (Phi) is 3.72. The summed E-state index contributed by atoms with van der Waals surface area (Å²) in [6, 6.07) is 5.27. The molecule has 20 heavy (non-hydrogen) atoms. The molecule has 0 radical (unpaired) electrons. The van der Waals surface area contributed by atoms with Gasteiger partial charge in [0, 0.05) is 12.1 Å². The van der Waals surface area contributed by atoms with E-state index in [4.69, 9.17) is 11.6 Å². The van der Waals surface area contributed by atoms with E-state index in [1.807, 2.05) is 13.0 Å². The zero-order chi connectivity index (χ0) is 14.3. The van der Waals surface area contributed by atoms with Gasteiger partial charge in [0.1, 0.15) is 11.6 Å². The molecule has 0 N–H and O–H groups in total. The number of halogens is 2. The van der Waals surface area contributed by atoms with E-state index in [9.17, 15) is 4.39 Å². The lowest BCUT2D eigenvalue weighted by Gasteiger charge is -2.32. The highest BCUT2D eigenvalue weighted by Crippen LogP contribution is 2.38. The second kappa shape index (κ2) is 5.36. The second-order valence-corrected chi connectivity index (χ2v) is 6.57. The van der Waals surface area contributed by atoms with Gasteiger partial charge in [0.25, 0.3) is 0 Å². The number of benzene rings is 1. The molecule has 0 aliphatic heterocycles. The lowest BCUT2D eigenvalue weighted by atomic mass is 9.85. The molecule has 1 aromatic heterocycles. The summed E-state index contributed by atoms with van der Waals surface area (Å²) in [7, 11) is 0. The van der Waals surface area contributed by atoms with E-state index >= 15 is 0 Å². The number of alkyl halides is 1. The van der Waals surface area contributed by atoms with Gasteiger partial charge in [-0.3, -0.25) is 0 Å². The minimum absolute atomic E-state index is 0.167. The number of nitrogens with zero attached hydrogens (tertiary/aromatic N) is 2. The van der Waals surface area contributed by atoms with Crippen LogP contribution in [0.2, 0.25) is 0 Å². The Labute approximate surface area is 123 Å². The van der Waals surface area contributed by atoms with Crippen LogP contribution in [0.15, 0.2) is 18.2 Å². The summed E-state index contributed by atoms with van der Waals surface area (Å²) in [5.41, 5.74) is 1.72. The standard InChI is InChI=1S/C16H20ClFN2/c1-10-5-3-4-6-14(10)20-15-8-7-12(18)9-13(15)19-16(20)11(2)17/h7-11,14H,3-6H2,1-2H3. The quantitative estimate of drug-likeness (QED) is 0.694. The molecule has 3 unspecified atom stereocenters. The van der Waals surface area contributed by atoms with Crippen LogP contribution in [0, 0.1) is 11.7 Å². The molecule has 2 nitrogen and oxygen atoms in total. The summed E-state index contributed by atoms with van der Waals surface area (Å²) >= 11 is 6.31. The van der Waals surface area contributed by atoms with Crippen LogP contribution in [0.1, 0.15) is 56.8 Å². The highest BCUT2D eigenvalue weighted by Gasteiger charge is 2.28. The van der Waals surface area contributed by atoms with Crippen molar-refractivity contribution in [2.75, 3.05) is 0 Å². The van der Waals surface area contributed by atoms with Gasteiger partial charge >= 0.3 is 0 Å². The maximum Gasteiger partial charge on any atom is 0.127 e. The van der Waals surface area contributed by atoms with Crippen LogP contribution in [0.25, 0.3) is 11.0 Å². The zero-order valence-corrected chi connectivity index (χ0v) is 12.7. The summed E-state index contributed by atoms with van der Waals surface area (Å²) in [6.07, 6.45) is 4.93. The van der Waals surface area contributed by atoms with Crippen molar-refractivity contribution in [1.29, 1.82) is 0 Å². The lowest BCUT2D eigenvalue weighted by Crippen LogP contribution is -2.23. The van der Waals surface area contributed by atoms with Gasteiger partial charge in [-0.15, -0.1) is 11.6 Å². The minimum atomic E-state index is -0.243. The third-order valence-electron chi connectivity index (χ3n) is 4.43. The first-order valence-electron chi connectivity index (χ1n) is 7.39. The molecule has 4 heteroatoms. The maximum atomic E-state index is 13.4. The SMILES string of the molecule is CC(Cl)c1nc2cc(F)ccc2n1C1CCCCC1C. The normalized spacial score (nSPS) is 25.0. The molecule has 0 bridgehead atoms. The van der Waals surface area contributed by atoms with E-state index in [0.29, 0.717) is 17.5 Å². The predicted molar refractivity (Wildman–Crippen MR) is 80.6 cm³/mol. The zero-order valence-electron chi connectivity index (χ0n) is 11.9. The van der Waals surface area contributed by atoms with E-state index in [-0.39, 0.29) is 11.2 Å². The second-order valence-electron chi connectivity index (χ2n) is 5.92. The molecule has 1 aliphatic carbocycles. The van der Waals surface area contributed by atoms with Crippen LogP contribution in [0.3, 0.4) is 0 Å². The molecule has 108 valence electrons. The fourth-order valence-corrected chi connectivity index (χ4v) is 3.55. The van der Waals surface area contributed by atoms with Gasteiger partial charge in [0.15, 0.2) is 0 Å². The highest BCUT2D eigenvalue weighted by molar-refractivity contribution is 6.20. The average Bonchev–Trinajstić information content (AvgIpc) is 2.78. The number of fused-ring (bicyclic) bond motifs is 1. The molecular formula is C16H20ClFN2. The Bertz CT molecular complexity index is 620. The van der Waals surface area contributed by atoms with Crippen molar-refractivity contribution in [3.05, 3.63) is 29.8 Å². The number of hydrogen-bond acceptors (Lipinski definition) is 1. The third kappa shape index (κ3) is 2.32. The van der Waals surface area contributed by atoms with Gasteiger partial charge in [0.05, 0.1) is 16.4 Å². The van der Waals surface area contributed by atoms with E-state index in [1.165, 1.54) is 31.4 Å². The molecule has 1 saturated carbocycles. The van der Waals surface area contributed by atoms with Gasteiger partial charge < -0.3 is 4.57 Å². The third-order valence-corrected chi connectivity index (χ3v) is 4.63. The molecular weight excluding hydrogens is 275 g/mol. The molecule has 0 amide bonds. The van der Waals surface area contributed by atoms with Gasteiger partial charge in [0.2, 0.25) is 0 Å². The van der Waals surface area contributed by atoms with Gasteiger partial charge in [-0.1, -0.05) is 19.8 Å². The van der Waals surface area contributed by atoms with Crippen molar-refractivity contribution >= 4 is 22.6 Å². The van der Waals surface area contributed by atoms with Crippen LogP contribution in [0.4, 0.5) is 4.39 Å². The topological polar surface area (TPSA) is 17.8 Å². The smallest absolute Gasteiger partial charge is 0.127 e. The highest BCUT2D eigenvalue weighted by atomic mass is 35.5. The average molecular weight is 295 g/mol. The number of imidazole rings is 1. The molecule has 3 atom stereocenters. The van der Waals surface area contributed by atoms with Crippen molar-refractivity contribution in [1.82, 2.24) is 9.55 Å². The van der Waals surface area contributed by atoms with E-state index in [1.54, 1.807) is 0 Å². The molecule has 1 fully saturated rings. The summed E-state index contributed by atoms with van der Waals surface area (Å²) in [4.78, 5) is 4.57. The Hall–Kier alpha value is -1.09. The molecule has 3 rings (SSSR count). The van der Waals surface area contributed by atoms with Crippen molar-refractivity contribution in [2.45, 2.75) is 50.9 Å². The van der Waals surface area contributed by atoms with E-state index in [0.717, 1.165) is 17.8 Å². The van der Waals surface area contributed by atoms with Crippen molar-refractivity contribution in [3.63, 3.8) is 0 Å². The first-order valence-corrected chi connectivity index (χ1v) is 7.83. The molecule has 0 saturated heterocycles. The first kappa shape index (κ1) is 13.9. The minimum Gasteiger partial charge on any atom is -0.323 e.